The molecule has 1 aromatic heterocycles. The number of ether oxygens (including phenoxy) is 1. The summed E-state index contributed by atoms with van der Waals surface area (Å²) in [5, 5.41) is 8.75. The van der Waals surface area contributed by atoms with E-state index in [-0.39, 0.29) is 13.2 Å². The second-order valence-corrected chi connectivity index (χ2v) is 2.92. The van der Waals surface area contributed by atoms with Crippen LogP contribution >= 0.6 is 0 Å². The minimum atomic E-state index is -0.516. The van der Waals surface area contributed by atoms with E-state index in [1.165, 1.54) is 0 Å². The fourth-order valence-electron chi connectivity index (χ4n) is 0.901. The van der Waals surface area contributed by atoms with Crippen molar-refractivity contribution in [3.8, 4) is 5.88 Å². The zero-order valence-electron chi connectivity index (χ0n) is 8.01. The zero-order chi connectivity index (χ0) is 10.4. The minimum Gasteiger partial charge on any atom is -0.475 e. The van der Waals surface area contributed by atoms with Crippen LogP contribution in [0.1, 0.15) is 5.56 Å². The van der Waals surface area contributed by atoms with Gasteiger partial charge in [0.2, 0.25) is 5.88 Å². The number of nitrogens with two attached hydrogens (primary N) is 1. The van der Waals surface area contributed by atoms with Crippen LogP contribution in [0.15, 0.2) is 18.3 Å². The first-order chi connectivity index (χ1) is 6.76. The molecule has 0 fully saturated rings. The summed E-state index contributed by atoms with van der Waals surface area (Å²) in [7, 11) is 0. The lowest BCUT2D eigenvalue weighted by Crippen LogP contribution is -2.28. The molecule has 3 N–H and O–H groups in total. The van der Waals surface area contributed by atoms with Crippen LogP contribution in [0, 0.1) is 6.92 Å². The van der Waals surface area contributed by atoms with Gasteiger partial charge in [0.1, 0.15) is 12.7 Å². The second kappa shape index (κ2) is 5.54. The third-order valence-electron chi connectivity index (χ3n) is 1.70. The number of aliphatic hydroxyl groups excluding tert-OH is 1. The molecule has 0 aliphatic rings. The van der Waals surface area contributed by atoms with Crippen LogP contribution in [0.5, 0.6) is 5.88 Å². The quantitative estimate of drug-likeness (QED) is 0.652. The van der Waals surface area contributed by atoms with Crippen molar-refractivity contribution in [3.63, 3.8) is 0 Å². The van der Waals surface area contributed by atoms with Gasteiger partial charge in [-0.15, -0.1) is 0 Å². The molecule has 1 atom stereocenters. The van der Waals surface area contributed by atoms with Gasteiger partial charge in [-0.25, -0.2) is 10.9 Å². The van der Waals surface area contributed by atoms with E-state index >= 15 is 0 Å². The van der Waals surface area contributed by atoms with E-state index in [0.29, 0.717) is 5.88 Å². The minimum absolute atomic E-state index is 0.178. The van der Waals surface area contributed by atoms with Gasteiger partial charge >= 0.3 is 0 Å². The van der Waals surface area contributed by atoms with E-state index in [1.807, 2.05) is 13.0 Å². The van der Waals surface area contributed by atoms with Crippen molar-refractivity contribution in [2.24, 2.45) is 5.90 Å². The summed E-state index contributed by atoms with van der Waals surface area (Å²) in [6, 6.07) is 3.67. The van der Waals surface area contributed by atoms with Gasteiger partial charge in [-0.1, -0.05) is 0 Å². The van der Waals surface area contributed by atoms with Crippen LogP contribution in [0.4, 0.5) is 0 Å². The fourth-order valence-corrected chi connectivity index (χ4v) is 0.901. The van der Waals surface area contributed by atoms with Gasteiger partial charge in [0.05, 0.1) is 6.61 Å². The molecule has 0 spiro atoms. The average molecular weight is 198 g/mol. The standard InChI is InChI=1S/C9H14N2O3/c1-7-2-3-11-9(4-7)13-6-8(5-12)14-10/h2-4,8,12H,5-6,10H2,1H3. The first kappa shape index (κ1) is 10.9. The lowest BCUT2D eigenvalue weighted by atomic mass is 10.3. The Kier molecular flexibility index (Phi) is 4.31. The SMILES string of the molecule is Cc1ccnc(OCC(CO)ON)c1. The second-order valence-electron chi connectivity index (χ2n) is 2.92. The fraction of sp³-hybridized carbons (Fsp3) is 0.444. The summed E-state index contributed by atoms with van der Waals surface area (Å²) in [6.07, 6.45) is 1.14. The van der Waals surface area contributed by atoms with Crippen molar-refractivity contribution in [1.29, 1.82) is 0 Å². The molecule has 78 valence electrons. The summed E-state index contributed by atoms with van der Waals surface area (Å²) in [5.41, 5.74) is 1.06. The molecule has 0 saturated carbocycles. The van der Waals surface area contributed by atoms with Gasteiger partial charge in [-0.2, -0.15) is 0 Å². The lowest BCUT2D eigenvalue weighted by Gasteiger charge is -2.12. The van der Waals surface area contributed by atoms with Gasteiger partial charge in [0.15, 0.2) is 0 Å². The summed E-state index contributed by atoms with van der Waals surface area (Å²) in [5.74, 6) is 5.42. The zero-order valence-corrected chi connectivity index (χ0v) is 8.01. The van der Waals surface area contributed by atoms with Gasteiger partial charge in [-0.3, -0.25) is 4.84 Å². The number of nitrogens with zero attached hydrogens (tertiary/aromatic N) is 1. The first-order valence-corrected chi connectivity index (χ1v) is 4.28. The predicted octanol–water partition coefficient (Wildman–Crippen LogP) is 0.0200. The molecule has 0 aromatic carbocycles. The molecule has 0 aliphatic carbocycles. The van der Waals surface area contributed by atoms with Crippen LogP contribution in [-0.4, -0.2) is 29.4 Å². The van der Waals surface area contributed by atoms with E-state index in [1.54, 1.807) is 12.3 Å². The number of rotatable bonds is 5. The number of aliphatic hydroxyl groups is 1. The summed E-state index contributed by atoms with van der Waals surface area (Å²) < 4.78 is 5.25. The number of hydrogen-bond donors (Lipinski definition) is 2. The highest BCUT2D eigenvalue weighted by atomic mass is 16.6. The number of hydrogen-bond acceptors (Lipinski definition) is 5. The Hall–Kier alpha value is -1.17. The lowest BCUT2D eigenvalue weighted by molar-refractivity contribution is -0.0156. The Labute approximate surface area is 82.4 Å². The van der Waals surface area contributed by atoms with Gasteiger partial charge in [0, 0.05) is 12.3 Å². The van der Waals surface area contributed by atoms with E-state index in [0.717, 1.165) is 5.56 Å². The van der Waals surface area contributed by atoms with Crippen LogP contribution < -0.4 is 10.6 Å². The van der Waals surface area contributed by atoms with E-state index in [2.05, 4.69) is 9.82 Å². The molecule has 5 heteroatoms. The highest BCUT2D eigenvalue weighted by molar-refractivity contribution is 5.18. The van der Waals surface area contributed by atoms with E-state index in [9.17, 15) is 0 Å². The van der Waals surface area contributed by atoms with Crippen molar-refractivity contribution in [1.82, 2.24) is 4.98 Å². The third-order valence-corrected chi connectivity index (χ3v) is 1.70. The molecule has 0 radical (unpaired) electrons. The van der Waals surface area contributed by atoms with Crippen molar-refractivity contribution in [3.05, 3.63) is 23.9 Å². The molecule has 1 rings (SSSR count). The molecule has 1 heterocycles. The van der Waals surface area contributed by atoms with Gasteiger partial charge in [0.25, 0.3) is 0 Å². The summed E-state index contributed by atoms with van der Waals surface area (Å²) >= 11 is 0. The van der Waals surface area contributed by atoms with E-state index in [4.69, 9.17) is 15.7 Å². The third kappa shape index (κ3) is 3.29. The predicted molar refractivity (Wildman–Crippen MR) is 50.6 cm³/mol. The van der Waals surface area contributed by atoms with Crippen LogP contribution in [-0.2, 0) is 4.84 Å². The van der Waals surface area contributed by atoms with Crippen molar-refractivity contribution in [2.75, 3.05) is 13.2 Å². The first-order valence-electron chi connectivity index (χ1n) is 4.28. The molecule has 0 aliphatic heterocycles. The molecule has 1 unspecified atom stereocenters. The Bertz CT molecular complexity index is 277. The largest absolute Gasteiger partial charge is 0.475 e. The maximum Gasteiger partial charge on any atom is 0.213 e. The van der Waals surface area contributed by atoms with Crippen LogP contribution in [0.25, 0.3) is 0 Å². The average Bonchev–Trinajstić information content (AvgIpc) is 2.19. The molecule has 5 nitrogen and oxygen atoms in total. The van der Waals surface area contributed by atoms with Crippen LogP contribution in [0.3, 0.4) is 0 Å². The molecular formula is C9H14N2O3. The van der Waals surface area contributed by atoms with Crippen LogP contribution in [0.2, 0.25) is 0 Å². The highest BCUT2D eigenvalue weighted by Crippen LogP contribution is 2.08. The Morgan fingerprint density at radius 1 is 1.64 bits per heavy atom. The Morgan fingerprint density at radius 2 is 2.43 bits per heavy atom. The molecule has 1 aromatic rings. The smallest absolute Gasteiger partial charge is 0.213 e. The molecule has 14 heavy (non-hydrogen) atoms. The maximum atomic E-state index is 8.75. The van der Waals surface area contributed by atoms with E-state index < -0.39 is 6.10 Å². The number of aryl methyl sites for hydroxylation is 1. The summed E-state index contributed by atoms with van der Waals surface area (Å²) in [4.78, 5) is 8.43. The van der Waals surface area contributed by atoms with Crippen molar-refractivity contribution in [2.45, 2.75) is 13.0 Å². The molecule has 0 bridgehead atoms. The monoisotopic (exact) mass is 198 g/mol. The maximum absolute atomic E-state index is 8.75. The van der Waals surface area contributed by atoms with Gasteiger partial charge in [-0.05, 0) is 18.6 Å². The van der Waals surface area contributed by atoms with Crippen molar-refractivity contribution >= 4 is 0 Å². The van der Waals surface area contributed by atoms with Gasteiger partial charge < -0.3 is 9.84 Å². The number of pyridine rings is 1. The van der Waals surface area contributed by atoms with Crippen molar-refractivity contribution < 1.29 is 14.7 Å². The molecular weight excluding hydrogens is 184 g/mol. The Balaban J connectivity index is 2.44. The number of aromatic nitrogens is 1. The normalized spacial score (nSPS) is 12.5. The summed E-state index contributed by atoms with van der Waals surface area (Å²) in [6.45, 7) is 1.95. The topological polar surface area (TPSA) is 77.6 Å². The highest BCUT2D eigenvalue weighted by Gasteiger charge is 2.07. The Morgan fingerprint density at radius 3 is 3.00 bits per heavy atom. The molecule has 0 saturated heterocycles. The molecule has 0 amide bonds.